The van der Waals surface area contributed by atoms with Crippen molar-refractivity contribution in [3.05, 3.63) is 134 Å². The Morgan fingerprint density at radius 3 is 0.816 bits per heavy atom. The van der Waals surface area contributed by atoms with E-state index in [-0.39, 0.29) is 31.1 Å². The number of carbonyl (C=O) groups is 3. The van der Waals surface area contributed by atoms with Crippen molar-refractivity contribution in [1.82, 2.24) is 0 Å². The van der Waals surface area contributed by atoms with Crippen LogP contribution in [0, 0.1) is 0 Å². The summed E-state index contributed by atoms with van der Waals surface area (Å²) in [5, 5.41) is 0. The maximum atomic E-state index is 12.8. The van der Waals surface area contributed by atoms with Crippen LogP contribution in [0.2, 0.25) is 0 Å². The molecular formula is C70H114O6. The maximum Gasteiger partial charge on any atom is 0.306 e. The van der Waals surface area contributed by atoms with E-state index in [1.54, 1.807) is 0 Å². The second-order valence-electron chi connectivity index (χ2n) is 20.2. The second-order valence-corrected chi connectivity index (χ2v) is 20.2. The van der Waals surface area contributed by atoms with Gasteiger partial charge in [-0.2, -0.15) is 0 Å². The van der Waals surface area contributed by atoms with E-state index in [9.17, 15) is 14.4 Å². The minimum Gasteiger partial charge on any atom is -0.462 e. The fourth-order valence-corrected chi connectivity index (χ4v) is 8.23. The molecule has 0 aromatic carbocycles. The van der Waals surface area contributed by atoms with Crippen molar-refractivity contribution in [3.63, 3.8) is 0 Å². The summed E-state index contributed by atoms with van der Waals surface area (Å²) < 4.78 is 16.8. The summed E-state index contributed by atoms with van der Waals surface area (Å²) in [4.78, 5) is 38.0. The van der Waals surface area contributed by atoms with E-state index in [1.807, 2.05) is 0 Å². The molecule has 0 rings (SSSR count). The zero-order chi connectivity index (χ0) is 55.0. The van der Waals surface area contributed by atoms with Gasteiger partial charge in [0, 0.05) is 19.3 Å². The van der Waals surface area contributed by atoms with Gasteiger partial charge >= 0.3 is 17.9 Å². The molecule has 0 bridgehead atoms. The van der Waals surface area contributed by atoms with Gasteiger partial charge in [-0.25, -0.2) is 0 Å². The first kappa shape index (κ1) is 71.5. The predicted octanol–water partition coefficient (Wildman–Crippen LogP) is 21.4. The SMILES string of the molecule is CC/C=C\C/C=C\C/C=C\C/C=C\C/C=C\C/C=C\C/C=C\C/C=C\C/C=C\CCCCCCCC(=O)OCC(COC(=O)CCCCCCCCC)OC(=O)CCCCCCCCC/C=C\C/C=C\CCCCCC. The molecule has 0 spiro atoms. The Balaban J connectivity index is 4.21. The highest BCUT2D eigenvalue weighted by molar-refractivity contribution is 5.71. The van der Waals surface area contributed by atoms with E-state index in [1.165, 1.54) is 83.5 Å². The highest BCUT2D eigenvalue weighted by Gasteiger charge is 2.19. The Bertz CT molecular complexity index is 1630. The number of esters is 3. The highest BCUT2D eigenvalue weighted by atomic mass is 16.6. The van der Waals surface area contributed by atoms with Crippen LogP contribution < -0.4 is 0 Å². The third-order valence-corrected chi connectivity index (χ3v) is 12.9. The number of rotatable bonds is 55. The summed E-state index contributed by atoms with van der Waals surface area (Å²) in [6.45, 7) is 6.44. The fraction of sp³-hybridized carbons (Fsp3) is 0.643. The van der Waals surface area contributed by atoms with Gasteiger partial charge in [0.15, 0.2) is 6.10 Å². The number of unbranched alkanes of at least 4 members (excludes halogenated alkanes) is 22. The largest absolute Gasteiger partial charge is 0.462 e. The van der Waals surface area contributed by atoms with Crippen LogP contribution in [0.1, 0.15) is 271 Å². The quantitative estimate of drug-likeness (QED) is 0.0261. The molecule has 76 heavy (non-hydrogen) atoms. The van der Waals surface area contributed by atoms with Gasteiger partial charge in [0.1, 0.15) is 13.2 Å². The highest BCUT2D eigenvalue weighted by Crippen LogP contribution is 2.14. The van der Waals surface area contributed by atoms with E-state index < -0.39 is 6.10 Å². The smallest absolute Gasteiger partial charge is 0.306 e. The van der Waals surface area contributed by atoms with Crippen molar-refractivity contribution in [3.8, 4) is 0 Å². The number of hydrogen-bond acceptors (Lipinski definition) is 6. The van der Waals surface area contributed by atoms with Crippen LogP contribution in [0.15, 0.2) is 134 Å². The zero-order valence-electron chi connectivity index (χ0n) is 49.2. The standard InChI is InChI=1S/C70H114O6/c1-4-7-10-13-16-18-20-22-24-26-28-29-30-31-32-33-34-35-36-37-38-39-40-41-42-44-45-47-49-51-54-57-60-63-69(72)75-66-67(65-74-68(71)62-59-56-53-15-12-9-6-3)76-70(73)64-61-58-55-52-50-48-46-43-27-25-23-21-19-17-14-11-8-5-2/h7,10,16,18-19,21-22,24-25,27-29,31-32,34-35,37-38,40-41,44-45,67H,4-6,8-9,11-15,17,20,23,26,30,33,36,39,42-43,46-66H2,1-3H3/b10-7-,18-16-,21-19-,24-22-,27-25-,29-28-,32-31-,35-34-,38-37-,41-40-,45-44-. The molecule has 0 aliphatic carbocycles. The summed E-state index contributed by atoms with van der Waals surface area (Å²) in [6, 6.07) is 0. The van der Waals surface area contributed by atoms with E-state index >= 15 is 0 Å². The lowest BCUT2D eigenvalue weighted by molar-refractivity contribution is -0.167. The molecule has 6 nitrogen and oxygen atoms in total. The van der Waals surface area contributed by atoms with Crippen LogP contribution in [0.5, 0.6) is 0 Å². The molecule has 6 heteroatoms. The van der Waals surface area contributed by atoms with Crippen LogP contribution in [-0.4, -0.2) is 37.2 Å². The van der Waals surface area contributed by atoms with Crippen molar-refractivity contribution < 1.29 is 28.6 Å². The third-order valence-electron chi connectivity index (χ3n) is 12.9. The van der Waals surface area contributed by atoms with Gasteiger partial charge in [-0.05, 0) is 122 Å². The van der Waals surface area contributed by atoms with Crippen molar-refractivity contribution in [2.75, 3.05) is 13.2 Å². The Morgan fingerprint density at radius 1 is 0.276 bits per heavy atom. The molecule has 0 aromatic rings. The summed E-state index contributed by atoms with van der Waals surface area (Å²) in [5.74, 6) is -0.925. The van der Waals surface area contributed by atoms with Crippen LogP contribution >= 0.6 is 0 Å². The first-order chi connectivity index (χ1) is 37.5. The summed E-state index contributed by atoms with van der Waals surface area (Å²) >= 11 is 0. The molecule has 0 saturated carbocycles. The second kappa shape index (κ2) is 63.1. The Morgan fingerprint density at radius 2 is 0.513 bits per heavy atom. The van der Waals surface area contributed by atoms with E-state index in [4.69, 9.17) is 14.2 Å². The van der Waals surface area contributed by atoms with Crippen LogP contribution in [0.25, 0.3) is 0 Å². The van der Waals surface area contributed by atoms with Crippen LogP contribution in [-0.2, 0) is 28.6 Å². The first-order valence-corrected chi connectivity index (χ1v) is 31.2. The van der Waals surface area contributed by atoms with Gasteiger partial charge in [0.05, 0.1) is 0 Å². The molecule has 1 atom stereocenters. The Hall–Kier alpha value is -4.45. The lowest BCUT2D eigenvalue weighted by Crippen LogP contribution is -2.30. The average Bonchev–Trinajstić information content (AvgIpc) is 3.42. The fourth-order valence-electron chi connectivity index (χ4n) is 8.23. The summed E-state index contributed by atoms with van der Waals surface area (Å²) in [5.41, 5.74) is 0. The topological polar surface area (TPSA) is 78.9 Å². The summed E-state index contributed by atoms with van der Waals surface area (Å²) in [7, 11) is 0. The van der Waals surface area contributed by atoms with Crippen molar-refractivity contribution in [2.45, 2.75) is 277 Å². The number of ether oxygens (including phenoxy) is 3. The normalized spacial score (nSPS) is 13.0. The maximum absolute atomic E-state index is 12.8. The number of hydrogen-bond donors (Lipinski definition) is 0. The minimum atomic E-state index is -0.792. The third kappa shape index (κ3) is 60.4. The molecule has 0 aliphatic heterocycles. The lowest BCUT2D eigenvalue weighted by atomic mass is 10.1. The van der Waals surface area contributed by atoms with Crippen LogP contribution in [0.4, 0.5) is 0 Å². The monoisotopic (exact) mass is 1050 g/mol. The Kier molecular flexibility index (Phi) is 59.4. The summed E-state index contributed by atoms with van der Waals surface area (Å²) in [6.07, 6.45) is 89.0. The molecule has 0 heterocycles. The first-order valence-electron chi connectivity index (χ1n) is 31.2. The number of carbonyl (C=O) groups excluding carboxylic acids is 3. The van der Waals surface area contributed by atoms with Crippen LogP contribution in [0.3, 0.4) is 0 Å². The molecule has 1 unspecified atom stereocenters. The van der Waals surface area contributed by atoms with Gasteiger partial charge in [0.2, 0.25) is 0 Å². The van der Waals surface area contributed by atoms with Gasteiger partial charge in [-0.3, -0.25) is 14.4 Å². The Labute approximate surface area is 468 Å². The molecule has 430 valence electrons. The zero-order valence-corrected chi connectivity index (χ0v) is 49.2. The minimum absolute atomic E-state index is 0.0895. The van der Waals surface area contributed by atoms with Gasteiger partial charge in [-0.1, -0.05) is 264 Å². The lowest BCUT2D eigenvalue weighted by Gasteiger charge is -2.18. The van der Waals surface area contributed by atoms with Gasteiger partial charge in [0.25, 0.3) is 0 Å². The van der Waals surface area contributed by atoms with Crippen molar-refractivity contribution in [1.29, 1.82) is 0 Å². The molecule has 0 radical (unpaired) electrons. The molecule has 0 aromatic heterocycles. The van der Waals surface area contributed by atoms with Gasteiger partial charge < -0.3 is 14.2 Å². The van der Waals surface area contributed by atoms with Crippen molar-refractivity contribution >= 4 is 17.9 Å². The van der Waals surface area contributed by atoms with Gasteiger partial charge in [-0.15, -0.1) is 0 Å². The number of allylic oxidation sites excluding steroid dienone is 22. The van der Waals surface area contributed by atoms with E-state index in [0.717, 1.165) is 148 Å². The molecule has 0 saturated heterocycles. The molecular weight excluding hydrogens is 937 g/mol. The average molecular weight is 1050 g/mol. The van der Waals surface area contributed by atoms with Crippen molar-refractivity contribution in [2.24, 2.45) is 0 Å². The molecule has 0 N–H and O–H groups in total. The van der Waals surface area contributed by atoms with E-state index in [0.29, 0.717) is 19.3 Å². The van der Waals surface area contributed by atoms with E-state index in [2.05, 4.69) is 154 Å². The molecule has 0 fully saturated rings. The molecule has 0 amide bonds. The predicted molar refractivity (Wildman–Crippen MR) is 329 cm³/mol. The molecule has 0 aliphatic rings.